The number of aliphatic carboxylic acids is 3. The fourth-order valence-electron chi connectivity index (χ4n) is 9.35. The molecule has 0 bridgehead atoms. The summed E-state index contributed by atoms with van der Waals surface area (Å²) in [5, 5.41) is 59.9. The number of rotatable bonds is 21. The number of aromatic hydroxyl groups is 1. The average Bonchev–Trinajstić information content (AvgIpc) is 3.79. The molecular formula is C46H64N14O14S2. The van der Waals surface area contributed by atoms with E-state index in [4.69, 9.17) is 0 Å². The number of phenolic OH excluding ortho intramolecular Hbond substituents is 1. The number of carbonyl (C=O) groups is 10. The molecular weight excluding hydrogens is 1040 g/mol. The molecule has 3 fully saturated rings. The molecule has 30 heteroatoms. The van der Waals surface area contributed by atoms with Crippen molar-refractivity contribution in [2.24, 2.45) is 7.05 Å². The van der Waals surface area contributed by atoms with Gasteiger partial charge in [-0.05, 0) is 67.3 Å². The number of carboxylic acid groups (broad SMARTS) is 3. The van der Waals surface area contributed by atoms with Gasteiger partial charge in [-0.15, -0.1) is 16.9 Å². The van der Waals surface area contributed by atoms with Crippen molar-refractivity contribution in [3.05, 3.63) is 41.1 Å². The summed E-state index contributed by atoms with van der Waals surface area (Å²) in [5.41, 5.74) is -1.04. The predicted molar refractivity (Wildman–Crippen MR) is 270 cm³/mol. The highest BCUT2D eigenvalue weighted by Gasteiger charge is 2.70. The minimum absolute atomic E-state index is 0.00745. The van der Waals surface area contributed by atoms with Crippen molar-refractivity contribution in [2.45, 2.75) is 61.3 Å². The van der Waals surface area contributed by atoms with Crippen LogP contribution in [0.1, 0.15) is 45.2 Å². The van der Waals surface area contributed by atoms with E-state index >= 15 is 0 Å². The van der Waals surface area contributed by atoms with E-state index in [0.717, 1.165) is 0 Å². The molecule has 76 heavy (non-hydrogen) atoms. The lowest BCUT2D eigenvalue weighted by molar-refractivity contribution is -0.164. The number of likely N-dealkylation sites (N-methyl/N-ethyl adjacent to an activating group) is 1. The van der Waals surface area contributed by atoms with Gasteiger partial charge in [-0.1, -0.05) is 23.9 Å². The molecule has 7 N–H and O–H groups in total. The largest absolute Gasteiger partial charge is 0.508 e. The lowest BCUT2D eigenvalue weighted by Gasteiger charge is -2.63. The number of hydrogen-bond acceptors (Lipinski definition) is 20. The number of benzene rings is 1. The molecule has 1 aromatic carbocycles. The molecule has 0 saturated carbocycles. The number of aryl methyl sites for hydroxylation is 1. The summed E-state index contributed by atoms with van der Waals surface area (Å²) in [4.78, 5) is 140. The van der Waals surface area contributed by atoms with Gasteiger partial charge in [0.1, 0.15) is 40.2 Å². The standard InChI is InChI=1S/C46H64N14O14S2/c1-5-57-21-22-59(40(70)39(57)69)43(74)48-35(29-8-10-31(62)11-9-29)37(67)49-45(2)42(73)60-36(30(28-76-46(45,60)3)27-75-44-50-51-52-53(44)4)38(68)47-12-6-7-32(41(71)72)58-19-17-54(23-24-61)13-14-55(25-33(63)64)15-16-56(18-20-58)26-34(65)66/h8-11,24,32,35,62H,5-7,12-23,25-28H2,1-4H3,(H,47,68)(H,48,74)(H,49,67)(H,63,64)(H,65,66)(H,71,72)/t32?,35-,45+,46+/m0/s1. The third-order valence-electron chi connectivity index (χ3n) is 13.9. The zero-order valence-corrected chi connectivity index (χ0v) is 44.2. The molecule has 7 amide bonds. The van der Waals surface area contributed by atoms with Gasteiger partial charge in [-0.2, -0.15) is 0 Å². The summed E-state index contributed by atoms with van der Waals surface area (Å²) in [7, 11) is 1.63. The first-order valence-corrected chi connectivity index (χ1v) is 26.5. The smallest absolute Gasteiger partial charge is 0.325 e. The van der Waals surface area contributed by atoms with Crippen molar-refractivity contribution in [1.82, 2.24) is 70.5 Å². The minimum atomic E-state index is -1.72. The van der Waals surface area contributed by atoms with Crippen LogP contribution in [0.3, 0.4) is 0 Å². The fraction of sp³-hybridized carbons (Fsp3) is 0.587. The molecule has 414 valence electrons. The summed E-state index contributed by atoms with van der Waals surface area (Å²) in [6.07, 6.45) is 0.862. The van der Waals surface area contributed by atoms with Gasteiger partial charge in [0.15, 0.2) is 0 Å². The number of aldehydes is 1. The number of hydrogen-bond donors (Lipinski definition) is 7. The quantitative estimate of drug-likeness (QED) is 0.0224. The SMILES string of the molecule is CCN1CCN(C(=O)N[C@H](C(=O)N[C@]2(C)C(=O)N3C(C(=O)NCCCC(C(=O)O)N4CCN(CC=O)CCN(CC(=O)O)CCN(CC(=O)O)CC4)=C(CSc4nnnn4C)CS[C@@]32C)c2ccc(O)cc2)C(=O)C1=O. The Labute approximate surface area is 445 Å². The molecule has 0 aliphatic carbocycles. The normalized spacial score (nSPS) is 22.4. The number of tetrazole rings is 1. The van der Waals surface area contributed by atoms with Gasteiger partial charge in [0.2, 0.25) is 11.1 Å². The Hall–Kier alpha value is -6.73. The monoisotopic (exact) mass is 1100 g/mol. The van der Waals surface area contributed by atoms with Gasteiger partial charge in [-0.3, -0.25) is 67.8 Å². The van der Waals surface area contributed by atoms with E-state index < -0.39 is 76.0 Å². The van der Waals surface area contributed by atoms with Gasteiger partial charge in [0.05, 0.1) is 19.6 Å². The van der Waals surface area contributed by atoms with E-state index in [-0.39, 0.29) is 133 Å². The average molecular weight is 1100 g/mol. The van der Waals surface area contributed by atoms with Crippen molar-refractivity contribution in [1.29, 1.82) is 0 Å². The Kier molecular flexibility index (Phi) is 19.9. The van der Waals surface area contributed by atoms with Crippen molar-refractivity contribution in [3.63, 3.8) is 0 Å². The van der Waals surface area contributed by atoms with E-state index in [0.29, 0.717) is 28.5 Å². The number of amides is 7. The molecule has 3 saturated heterocycles. The van der Waals surface area contributed by atoms with E-state index in [1.54, 1.807) is 40.5 Å². The van der Waals surface area contributed by atoms with Crippen molar-refractivity contribution in [2.75, 3.05) is 110 Å². The zero-order valence-electron chi connectivity index (χ0n) is 42.6. The van der Waals surface area contributed by atoms with Crippen molar-refractivity contribution in [3.8, 4) is 5.75 Å². The highest BCUT2D eigenvalue weighted by atomic mass is 32.2. The van der Waals surface area contributed by atoms with Gasteiger partial charge in [-0.25, -0.2) is 9.48 Å². The molecule has 28 nitrogen and oxygen atoms in total. The number of piperazine rings is 1. The fourth-order valence-corrected chi connectivity index (χ4v) is 11.8. The second kappa shape index (κ2) is 25.9. The van der Waals surface area contributed by atoms with E-state index in [9.17, 15) is 68.4 Å². The van der Waals surface area contributed by atoms with Crippen LogP contribution in [0, 0.1) is 0 Å². The molecule has 1 aromatic heterocycles. The van der Waals surface area contributed by atoms with E-state index in [1.165, 1.54) is 69.2 Å². The van der Waals surface area contributed by atoms with Crippen LogP contribution in [-0.4, -0.2) is 261 Å². The third-order valence-corrected chi connectivity index (χ3v) is 16.6. The Morgan fingerprint density at radius 3 is 2.05 bits per heavy atom. The number of carboxylic acids is 3. The topological polar surface area (TPSA) is 354 Å². The van der Waals surface area contributed by atoms with Crippen LogP contribution in [-0.2, 0) is 50.2 Å². The second-order valence-electron chi connectivity index (χ2n) is 18.8. The number of β-lactam (4-membered cyclic amide) rings is 1. The molecule has 4 aliphatic heterocycles. The van der Waals surface area contributed by atoms with Gasteiger partial charge in [0, 0.05) is 97.1 Å². The number of fused-ring (bicyclic) bond motifs is 1. The Morgan fingerprint density at radius 1 is 0.855 bits per heavy atom. The number of urea groups is 1. The number of imide groups is 1. The number of thioether (sulfide) groups is 2. The van der Waals surface area contributed by atoms with Crippen LogP contribution in [0.5, 0.6) is 5.75 Å². The first kappa shape index (κ1) is 58.5. The zero-order chi connectivity index (χ0) is 55.5. The third kappa shape index (κ3) is 13.6. The van der Waals surface area contributed by atoms with Crippen LogP contribution < -0.4 is 16.0 Å². The Morgan fingerprint density at radius 2 is 1.47 bits per heavy atom. The van der Waals surface area contributed by atoms with Crippen LogP contribution in [0.25, 0.3) is 0 Å². The summed E-state index contributed by atoms with van der Waals surface area (Å²) < 4.78 is 1.44. The summed E-state index contributed by atoms with van der Waals surface area (Å²) in [6.45, 7) is 5.92. The molecule has 1 unspecified atom stereocenters. The van der Waals surface area contributed by atoms with Crippen LogP contribution in [0.2, 0.25) is 0 Å². The lowest BCUT2D eigenvalue weighted by atomic mass is 9.78. The molecule has 4 aliphatic rings. The van der Waals surface area contributed by atoms with Crippen molar-refractivity contribution >= 4 is 83.3 Å². The summed E-state index contributed by atoms with van der Waals surface area (Å²) >= 11 is 2.48. The van der Waals surface area contributed by atoms with E-state index in [2.05, 4.69) is 31.5 Å². The molecule has 2 aromatic rings. The van der Waals surface area contributed by atoms with Gasteiger partial charge < -0.3 is 46.1 Å². The maximum atomic E-state index is 14.7. The lowest BCUT2D eigenvalue weighted by Crippen LogP contribution is -2.85. The number of nitrogens with one attached hydrogen (secondary N) is 3. The van der Waals surface area contributed by atoms with Crippen LogP contribution >= 0.6 is 23.5 Å². The van der Waals surface area contributed by atoms with Gasteiger partial charge >= 0.3 is 35.8 Å². The molecule has 6 rings (SSSR count). The number of phenols is 1. The summed E-state index contributed by atoms with van der Waals surface area (Å²) in [5.74, 6) is -7.37. The minimum Gasteiger partial charge on any atom is -0.508 e. The number of aromatic nitrogens is 4. The second-order valence-corrected chi connectivity index (χ2v) is 21.1. The molecule has 5 heterocycles. The van der Waals surface area contributed by atoms with Crippen LogP contribution in [0.15, 0.2) is 40.7 Å². The maximum absolute atomic E-state index is 14.7. The first-order valence-electron chi connectivity index (χ1n) is 24.5. The van der Waals surface area contributed by atoms with Crippen molar-refractivity contribution < 1.29 is 68.4 Å². The molecule has 0 radical (unpaired) electrons. The molecule has 0 spiro atoms. The van der Waals surface area contributed by atoms with Crippen LogP contribution in [0.4, 0.5) is 4.79 Å². The maximum Gasteiger partial charge on any atom is 0.325 e. The number of carbonyl (C=O) groups excluding carboxylic acids is 7. The van der Waals surface area contributed by atoms with E-state index in [1.807, 2.05) is 0 Å². The molecule has 4 atom stereocenters. The predicted octanol–water partition coefficient (Wildman–Crippen LogP) is -2.48. The van der Waals surface area contributed by atoms with Gasteiger partial charge in [0.25, 0.3) is 11.8 Å². The first-order chi connectivity index (χ1) is 36.1. The highest BCUT2D eigenvalue weighted by Crippen LogP contribution is 2.55. The summed E-state index contributed by atoms with van der Waals surface area (Å²) in [6, 6.07) is 1.60. The highest BCUT2D eigenvalue weighted by molar-refractivity contribution is 8.01. The Bertz CT molecular complexity index is 2570. The number of nitrogens with zero attached hydrogens (tertiary/aromatic N) is 11. The Balaban J connectivity index is 1.19.